The van der Waals surface area contributed by atoms with Gasteiger partial charge in [-0.25, -0.2) is 0 Å². The summed E-state index contributed by atoms with van der Waals surface area (Å²) in [4.78, 5) is 11.3. The molecule has 18 heavy (non-hydrogen) atoms. The highest BCUT2D eigenvalue weighted by Crippen LogP contribution is 2.39. The lowest BCUT2D eigenvalue weighted by Gasteiger charge is -2.29. The van der Waals surface area contributed by atoms with Crippen LogP contribution >= 0.6 is 0 Å². The minimum atomic E-state index is -0.948. The number of aliphatic hydroxyl groups is 2. The fourth-order valence-electron chi connectivity index (χ4n) is 2.55. The van der Waals surface area contributed by atoms with Gasteiger partial charge in [0, 0.05) is 0 Å². The van der Waals surface area contributed by atoms with Gasteiger partial charge in [0.05, 0.1) is 12.5 Å². The van der Waals surface area contributed by atoms with Gasteiger partial charge in [-0.1, -0.05) is 30.3 Å². The molecule has 0 radical (unpaired) electrons. The largest absolute Gasteiger partial charge is 0.456 e. The first kappa shape index (κ1) is 11.6. The molecule has 0 spiro atoms. The summed E-state index contributed by atoms with van der Waals surface area (Å²) >= 11 is 0. The van der Waals surface area contributed by atoms with Crippen LogP contribution in [0.1, 0.15) is 18.1 Å². The molecule has 0 aliphatic carbocycles. The van der Waals surface area contributed by atoms with Crippen LogP contribution in [0.25, 0.3) is 0 Å². The number of hydrogen-bond donors (Lipinski definition) is 2. The number of benzene rings is 1. The van der Waals surface area contributed by atoms with E-state index in [4.69, 9.17) is 9.47 Å². The summed E-state index contributed by atoms with van der Waals surface area (Å²) in [5.74, 6) is -0.500. The second kappa shape index (κ2) is 4.35. The number of fused-ring (bicyclic) bond motifs is 1. The van der Waals surface area contributed by atoms with Crippen LogP contribution in [0.2, 0.25) is 0 Å². The molecule has 0 saturated carbocycles. The molecule has 5 atom stereocenters. The molecule has 1 aromatic rings. The third kappa shape index (κ3) is 1.80. The van der Waals surface area contributed by atoms with Crippen LogP contribution in [-0.2, 0) is 14.3 Å². The summed E-state index contributed by atoms with van der Waals surface area (Å²) < 4.78 is 10.7. The van der Waals surface area contributed by atoms with Gasteiger partial charge in [0.25, 0.3) is 0 Å². The molecule has 0 amide bonds. The molecule has 2 saturated heterocycles. The van der Waals surface area contributed by atoms with Crippen LogP contribution in [0.15, 0.2) is 30.3 Å². The van der Waals surface area contributed by atoms with Crippen molar-refractivity contribution in [2.75, 3.05) is 0 Å². The van der Waals surface area contributed by atoms with E-state index in [9.17, 15) is 15.0 Å². The lowest BCUT2D eigenvalue weighted by Crippen LogP contribution is -2.47. The monoisotopic (exact) mass is 250 g/mol. The molecule has 2 aliphatic heterocycles. The van der Waals surface area contributed by atoms with Crippen molar-refractivity contribution < 1.29 is 24.5 Å². The second-order valence-electron chi connectivity index (χ2n) is 4.65. The molecule has 5 unspecified atom stereocenters. The first-order valence-corrected chi connectivity index (χ1v) is 5.93. The van der Waals surface area contributed by atoms with Gasteiger partial charge < -0.3 is 19.7 Å². The third-order valence-electron chi connectivity index (χ3n) is 3.43. The maximum atomic E-state index is 11.3. The van der Waals surface area contributed by atoms with E-state index in [0.717, 1.165) is 5.56 Å². The van der Waals surface area contributed by atoms with Crippen LogP contribution in [-0.4, -0.2) is 40.6 Å². The summed E-state index contributed by atoms with van der Waals surface area (Å²) in [6, 6.07) is 9.22. The Morgan fingerprint density at radius 2 is 1.83 bits per heavy atom. The number of carbonyl (C=O) groups excluding carboxylic acids is 1. The highest BCUT2D eigenvalue weighted by atomic mass is 16.6. The standard InChI is InChI=1S/C13H14O5/c14-8-6-9(15)17-13-10(16)11(18-12(8)13)7-4-2-1-3-5-7/h1-5,8,10-14,16H,6H2. The Balaban J connectivity index is 1.86. The average molecular weight is 250 g/mol. The Morgan fingerprint density at radius 1 is 1.11 bits per heavy atom. The molecular weight excluding hydrogens is 236 g/mol. The zero-order chi connectivity index (χ0) is 12.7. The molecule has 96 valence electrons. The summed E-state index contributed by atoms with van der Waals surface area (Å²) in [5, 5.41) is 20.0. The van der Waals surface area contributed by atoms with Crippen LogP contribution in [0.3, 0.4) is 0 Å². The van der Waals surface area contributed by atoms with Crippen LogP contribution in [0.4, 0.5) is 0 Å². The SMILES string of the molecule is O=C1CC(O)C2OC(c3ccccc3)C(O)C2O1. The van der Waals surface area contributed by atoms with Crippen molar-refractivity contribution in [3.05, 3.63) is 35.9 Å². The molecule has 5 nitrogen and oxygen atoms in total. The molecule has 5 heteroatoms. The summed E-state index contributed by atoms with van der Waals surface area (Å²) in [6.45, 7) is 0. The minimum Gasteiger partial charge on any atom is -0.456 e. The zero-order valence-electron chi connectivity index (χ0n) is 9.60. The topological polar surface area (TPSA) is 76.0 Å². The van der Waals surface area contributed by atoms with E-state index in [1.807, 2.05) is 30.3 Å². The predicted octanol–water partition coefficient (Wildman–Crippen LogP) is 0.164. The Hall–Kier alpha value is -1.43. The Labute approximate surface area is 104 Å². The number of carbonyl (C=O) groups is 1. The Morgan fingerprint density at radius 3 is 2.56 bits per heavy atom. The van der Waals surface area contributed by atoms with E-state index >= 15 is 0 Å². The molecule has 2 fully saturated rings. The molecule has 3 rings (SSSR count). The van der Waals surface area contributed by atoms with Gasteiger partial charge in [0.2, 0.25) is 0 Å². The van der Waals surface area contributed by atoms with Gasteiger partial charge in [-0.15, -0.1) is 0 Å². The summed E-state index contributed by atoms with van der Waals surface area (Å²) in [6.07, 6.45) is -3.96. The molecule has 2 heterocycles. The zero-order valence-corrected chi connectivity index (χ0v) is 9.60. The van der Waals surface area contributed by atoms with E-state index in [2.05, 4.69) is 0 Å². The van der Waals surface area contributed by atoms with Crippen molar-refractivity contribution in [1.29, 1.82) is 0 Å². The van der Waals surface area contributed by atoms with Gasteiger partial charge >= 0.3 is 5.97 Å². The number of hydrogen-bond acceptors (Lipinski definition) is 5. The maximum Gasteiger partial charge on any atom is 0.308 e. The number of ether oxygens (including phenoxy) is 2. The normalized spacial score (nSPS) is 39.2. The maximum absolute atomic E-state index is 11.3. The van der Waals surface area contributed by atoms with Gasteiger partial charge in [0.1, 0.15) is 18.3 Å². The van der Waals surface area contributed by atoms with Crippen molar-refractivity contribution in [3.63, 3.8) is 0 Å². The van der Waals surface area contributed by atoms with Gasteiger partial charge in [-0.3, -0.25) is 4.79 Å². The first-order valence-electron chi connectivity index (χ1n) is 5.93. The fourth-order valence-corrected chi connectivity index (χ4v) is 2.55. The van der Waals surface area contributed by atoms with Gasteiger partial charge in [-0.05, 0) is 5.56 Å². The van der Waals surface area contributed by atoms with Crippen molar-refractivity contribution in [3.8, 4) is 0 Å². The second-order valence-corrected chi connectivity index (χ2v) is 4.65. The van der Waals surface area contributed by atoms with Crippen LogP contribution in [0.5, 0.6) is 0 Å². The van der Waals surface area contributed by atoms with E-state index < -0.39 is 36.5 Å². The number of esters is 1. The van der Waals surface area contributed by atoms with Crippen LogP contribution < -0.4 is 0 Å². The molecule has 0 bridgehead atoms. The van der Waals surface area contributed by atoms with E-state index in [-0.39, 0.29) is 6.42 Å². The van der Waals surface area contributed by atoms with E-state index in [0.29, 0.717) is 0 Å². The summed E-state index contributed by atoms with van der Waals surface area (Å²) in [7, 11) is 0. The highest BCUT2D eigenvalue weighted by Gasteiger charge is 2.52. The molecule has 1 aromatic carbocycles. The van der Waals surface area contributed by atoms with Gasteiger partial charge in [0.15, 0.2) is 6.10 Å². The lowest BCUT2D eigenvalue weighted by atomic mass is 9.97. The molecule has 2 N–H and O–H groups in total. The summed E-state index contributed by atoms with van der Waals surface area (Å²) in [5.41, 5.74) is 0.808. The van der Waals surface area contributed by atoms with Crippen molar-refractivity contribution >= 4 is 5.97 Å². The molecule has 2 aliphatic rings. The predicted molar refractivity (Wildman–Crippen MR) is 60.6 cm³/mol. The number of rotatable bonds is 1. The van der Waals surface area contributed by atoms with E-state index in [1.165, 1.54) is 0 Å². The quantitative estimate of drug-likeness (QED) is 0.695. The Kier molecular flexibility index (Phi) is 2.81. The third-order valence-corrected chi connectivity index (χ3v) is 3.43. The van der Waals surface area contributed by atoms with E-state index in [1.54, 1.807) is 0 Å². The molecular formula is C13H14O5. The smallest absolute Gasteiger partial charge is 0.308 e. The lowest BCUT2D eigenvalue weighted by molar-refractivity contribution is -0.175. The fraction of sp³-hybridized carbons (Fsp3) is 0.462. The molecule has 0 aromatic heterocycles. The highest BCUT2D eigenvalue weighted by molar-refractivity contribution is 5.71. The van der Waals surface area contributed by atoms with Crippen molar-refractivity contribution in [2.24, 2.45) is 0 Å². The van der Waals surface area contributed by atoms with Gasteiger partial charge in [-0.2, -0.15) is 0 Å². The van der Waals surface area contributed by atoms with Crippen molar-refractivity contribution in [1.82, 2.24) is 0 Å². The average Bonchev–Trinajstić information content (AvgIpc) is 2.69. The first-order chi connectivity index (χ1) is 8.66. The minimum absolute atomic E-state index is 0.0879. The van der Waals surface area contributed by atoms with Crippen LogP contribution in [0, 0.1) is 0 Å². The Bertz CT molecular complexity index is 446. The number of aliphatic hydroxyl groups excluding tert-OH is 2. The van der Waals surface area contributed by atoms with Crippen molar-refractivity contribution in [2.45, 2.75) is 36.9 Å².